The van der Waals surface area contributed by atoms with Crippen LogP contribution in [0.2, 0.25) is 8.67 Å². The molecule has 0 bridgehead atoms. The molecule has 0 radical (unpaired) electrons. The third-order valence-electron chi connectivity index (χ3n) is 2.65. The number of hydrogen-bond acceptors (Lipinski definition) is 3. The van der Waals surface area contributed by atoms with E-state index in [4.69, 9.17) is 23.2 Å². The molecule has 1 N–H and O–H groups in total. The monoisotopic (exact) mass is 326 g/mol. The molecule has 0 aliphatic heterocycles. The van der Waals surface area contributed by atoms with E-state index >= 15 is 0 Å². The predicted octanol–water partition coefficient (Wildman–Crippen LogP) is 4.52. The van der Waals surface area contributed by atoms with Crippen molar-refractivity contribution < 1.29 is 4.79 Å². The van der Waals surface area contributed by atoms with Crippen LogP contribution in [0.1, 0.15) is 28.4 Å². The SMILES string of the molecule is C/C(=N/NC(=O)c1cccc(C)c1)c1cc(Cl)sc1Cl. The summed E-state index contributed by atoms with van der Waals surface area (Å²) < 4.78 is 1.14. The van der Waals surface area contributed by atoms with Gasteiger partial charge in [0.25, 0.3) is 5.91 Å². The third-order valence-corrected chi connectivity index (χ3v) is 4.14. The number of hydrazone groups is 1. The molecule has 0 saturated carbocycles. The van der Waals surface area contributed by atoms with Gasteiger partial charge in [-0.2, -0.15) is 5.10 Å². The van der Waals surface area contributed by atoms with Crippen molar-refractivity contribution in [1.29, 1.82) is 0 Å². The Labute approximate surface area is 131 Å². The van der Waals surface area contributed by atoms with Gasteiger partial charge in [-0.25, -0.2) is 5.43 Å². The number of halogens is 2. The van der Waals surface area contributed by atoms with Crippen molar-refractivity contribution in [2.45, 2.75) is 13.8 Å². The molecular formula is C14H12Cl2N2OS. The lowest BCUT2D eigenvalue weighted by atomic mass is 10.1. The molecule has 2 rings (SSSR count). The maximum atomic E-state index is 11.9. The van der Waals surface area contributed by atoms with E-state index in [1.165, 1.54) is 11.3 Å². The van der Waals surface area contributed by atoms with Crippen LogP contribution in [-0.2, 0) is 0 Å². The van der Waals surface area contributed by atoms with Crippen LogP contribution in [0.5, 0.6) is 0 Å². The number of carbonyl (C=O) groups excluding carboxylic acids is 1. The minimum atomic E-state index is -0.259. The number of thiophene rings is 1. The van der Waals surface area contributed by atoms with E-state index in [1.807, 2.05) is 19.1 Å². The van der Waals surface area contributed by atoms with Crippen molar-refractivity contribution in [2.24, 2.45) is 5.10 Å². The highest BCUT2D eigenvalue weighted by molar-refractivity contribution is 7.20. The lowest BCUT2D eigenvalue weighted by Crippen LogP contribution is -2.19. The van der Waals surface area contributed by atoms with Crippen LogP contribution in [0.25, 0.3) is 0 Å². The first-order valence-electron chi connectivity index (χ1n) is 5.84. The summed E-state index contributed by atoms with van der Waals surface area (Å²) in [6.45, 7) is 3.69. The zero-order chi connectivity index (χ0) is 14.7. The first kappa shape index (κ1) is 15.0. The van der Waals surface area contributed by atoms with Crippen molar-refractivity contribution in [3.63, 3.8) is 0 Å². The average Bonchev–Trinajstić information content (AvgIpc) is 2.74. The van der Waals surface area contributed by atoms with Gasteiger partial charge in [0.15, 0.2) is 0 Å². The van der Waals surface area contributed by atoms with E-state index in [0.29, 0.717) is 19.9 Å². The number of nitrogens with one attached hydrogen (secondary N) is 1. The molecule has 0 saturated heterocycles. The Hall–Kier alpha value is -1.36. The average molecular weight is 327 g/mol. The fourth-order valence-corrected chi connectivity index (χ4v) is 3.20. The minimum absolute atomic E-state index is 0.259. The van der Waals surface area contributed by atoms with E-state index in [0.717, 1.165) is 11.1 Å². The predicted molar refractivity (Wildman–Crippen MR) is 85.2 cm³/mol. The summed E-state index contributed by atoms with van der Waals surface area (Å²) >= 11 is 13.2. The zero-order valence-electron chi connectivity index (χ0n) is 10.9. The van der Waals surface area contributed by atoms with E-state index in [1.54, 1.807) is 25.1 Å². The molecule has 6 heteroatoms. The quantitative estimate of drug-likeness (QED) is 0.654. The van der Waals surface area contributed by atoms with E-state index in [9.17, 15) is 4.79 Å². The summed E-state index contributed by atoms with van der Waals surface area (Å²) in [5.41, 5.74) is 5.44. The molecule has 2 aromatic rings. The van der Waals surface area contributed by atoms with E-state index in [-0.39, 0.29) is 5.91 Å². The second kappa shape index (κ2) is 6.39. The molecule has 20 heavy (non-hydrogen) atoms. The van der Waals surface area contributed by atoms with E-state index < -0.39 is 0 Å². The van der Waals surface area contributed by atoms with Crippen LogP contribution in [-0.4, -0.2) is 11.6 Å². The van der Waals surface area contributed by atoms with Gasteiger partial charge in [0.2, 0.25) is 0 Å². The maximum absolute atomic E-state index is 11.9. The smallest absolute Gasteiger partial charge is 0.267 e. The summed E-state index contributed by atoms with van der Waals surface area (Å²) in [6, 6.07) is 9.03. The zero-order valence-corrected chi connectivity index (χ0v) is 13.2. The first-order valence-corrected chi connectivity index (χ1v) is 7.41. The van der Waals surface area contributed by atoms with Crippen LogP contribution < -0.4 is 5.43 Å². The van der Waals surface area contributed by atoms with Crippen molar-refractivity contribution in [3.8, 4) is 0 Å². The summed E-state index contributed by atoms with van der Waals surface area (Å²) in [5, 5.41) is 4.06. The summed E-state index contributed by atoms with van der Waals surface area (Å²) in [7, 11) is 0. The van der Waals surface area contributed by atoms with Crippen molar-refractivity contribution in [3.05, 3.63) is 55.7 Å². The highest BCUT2D eigenvalue weighted by Gasteiger charge is 2.10. The summed E-state index contributed by atoms with van der Waals surface area (Å²) in [5.74, 6) is -0.259. The van der Waals surface area contributed by atoms with Gasteiger partial charge < -0.3 is 0 Å². The third kappa shape index (κ3) is 3.60. The van der Waals surface area contributed by atoms with Crippen LogP contribution in [0.3, 0.4) is 0 Å². The second-order valence-electron chi connectivity index (χ2n) is 4.25. The number of hydrogen-bond donors (Lipinski definition) is 1. The topological polar surface area (TPSA) is 41.5 Å². The molecule has 1 aromatic heterocycles. The normalized spacial score (nSPS) is 11.5. The molecule has 0 aliphatic rings. The van der Waals surface area contributed by atoms with E-state index in [2.05, 4.69) is 10.5 Å². The molecular weight excluding hydrogens is 315 g/mol. The van der Waals surface area contributed by atoms with Crippen LogP contribution in [0.15, 0.2) is 35.4 Å². The van der Waals surface area contributed by atoms with Gasteiger partial charge in [0.05, 0.1) is 10.0 Å². The standard InChI is InChI=1S/C14H12Cl2N2OS/c1-8-4-3-5-10(6-8)14(19)18-17-9(2)11-7-12(15)20-13(11)16/h3-7H,1-2H3,(H,18,19)/b17-9-. The Morgan fingerprint density at radius 1 is 1.30 bits per heavy atom. The number of rotatable bonds is 3. The Bertz CT molecular complexity index is 680. The van der Waals surface area contributed by atoms with Crippen molar-refractivity contribution in [1.82, 2.24) is 5.43 Å². The number of amides is 1. The molecule has 1 aromatic carbocycles. The van der Waals surface area contributed by atoms with Crippen LogP contribution in [0, 0.1) is 6.92 Å². The molecule has 104 valence electrons. The van der Waals surface area contributed by atoms with Gasteiger partial charge in [-0.3, -0.25) is 4.79 Å². The van der Waals surface area contributed by atoms with Gasteiger partial charge in [0, 0.05) is 11.1 Å². The fourth-order valence-electron chi connectivity index (χ4n) is 1.63. The van der Waals surface area contributed by atoms with Gasteiger partial charge in [-0.15, -0.1) is 11.3 Å². The summed E-state index contributed by atoms with van der Waals surface area (Å²) in [6.07, 6.45) is 0. The van der Waals surface area contributed by atoms with Crippen molar-refractivity contribution >= 4 is 46.2 Å². The Morgan fingerprint density at radius 2 is 2.05 bits per heavy atom. The molecule has 1 heterocycles. The lowest BCUT2D eigenvalue weighted by molar-refractivity contribution is 0.0955. The molecule has 0 aliphatic carbocycles. The number of nitrogens with zero attached hydrogens (tertiary/aromatic N) is 1. The van der Waals surface area contributed by atoms with Gasteiger partial charge in [-0.1, -0.05) is 40.9 Å². The maximum Gasteiger partial charge on any atom is 0.271 e. The Morgan fingerprint density at radius 3 is 2.65 bits per heavy atom. The van der Waals surface area contributed by atoms with Crippen LogP contribution in [0.4, 0.5) is 0 Å². The first-order chi connectivity index (χ1) is 9.47. The Kier molecular flexibility index (Phi) is 4.81. The molecule has 0 spiro atoms. The number of aryl methyl sites for hydroxylation is 1. The number of carbonyl (C=O) groups is 1. The minimum Gasteiger partial charge on any atom is -0.267 e. The van der Waals surface area contributed by atoms with Crippen molar-refractivity contribution in [2.75, 3.05) is 0 Å². The Balaban J connectivity index is 2.13. The van der Waals surface area contributed by atoms with Gasteiger partial charge in [0.1, 0.15) is 4.34 Å². The van der Waals surface area contributed by atoms with Gasteiger partial charge >= 0.3 is 0 Å². The summed E-state index contributed by atoms with van der Waals surface area (Å²) in [4.78, 5) is 11.9. The molecule has 3 nitrogen and oxygen atoms in total. The van der Waals surface area contributed by atoms with Crippen LogP contribution >= 0.6 is 34.5 Å². The fraction of sp³-hybridized carbons (Fsp3) is 0.143. The highest BCUT2D eigenvalue weighted by atomic mass is 35.5. The number of benzene rings is 1. The molecule has 0 fully saturated rings. The molecule has 1 amide bonds. The molecule has 0 unspecified atom stereocenters. The lowest BCUT2D eigenvalue weighted by Gasteiger charge is -2.03. The molecule has 0 atom stereocenters. The highest BCUT2D eigenvalue weighted by Crippen LogP contribution is 2.31. The van der Waals surface area contributed by atoms with Gasteiger partial charge in [-0.05, 0) is 32.0 Å². The second-order valence-corrected chi connectivity index (χ2v) is 6.53. The largest absolute Gasteiger partial charge is 0.271 e.